The van der Waals surface area contributed by atoms with Crippen LogP contribution in [0.5, 0.6) is 11.5 Å². The number of nitrogens with zero attached hydrogens (tertiary/aromatic N) is 6. The van der Waals surface area contributed by atoms with Gasteiger partial charge in [0.2, 0.25) is 0 Å². The third kappa shape index (κ3) is 7.07. The molecule has 2 aromatic carbocycles. The Balaban J connectivity index is 1.36. The molecule has 4 aromatic rings. The lowest BCUT2D eigenvalue weighted by Crippen LogP contribution is -2.46. The van der Waals surface area contributed by atoms with E-state index in [1.54, 1.807) is 34.9 Å². The molecule has 11 heteroatoms. The van der Waals surface area contributed by atoms with Crippen molar-refractivity contribution in [2.45, 2.75) is 59.0 Å². The maximum Gasteiger partial charge on any atom is 0.335 e. The molecule has 234 valence electrons. The van der Waals surface area contributed by atoms with Gasteiger partial charge in [0, 0.05) is 24.0 Å². The van der Waals surface area contributed by atoms with Crippen molar-refractivity contribution >= 4 is 22.9 Å². The summed E-state index contributed by atoms with van der Waals surface area (Å²) < 4.78 is 8.95. The summed E-state index contributed by atoms with van der Waals surface area (Å²) in [5, 5.41) is 12.7. The van der Waals surface area contributed by atoms with Gasteiger partial charge < -0.3 is 15.8 Å². The Morgan fingerprint density at radius 1 is 1.02 bits per heavy atom. The van der Waals surface area contributed by atoms with Crippen LogP contribution in [-0.2, 0) is 11.3 Å². The summed E-state index contributed by atoms with van der Waals surface area (Å²) in [4.78, 5) is 37.9. The van der Waals surface area contributed by atoms with E-state index < -0.39 is 16.9 Å². The molecule has 1 fully saturated rings. The van der Waals surface area contributed by atoms with Gasteiger partial charge in [-0.3, -0.25) is 18.8 Å². The van der Waals surface area contributed by atoms with Gasteiger partial charge in [-0.05, 0) is 82.3 Å². The Bertz CT molecular complexity index is 1790. The largest absolute Gasteiger partial charge is 0.457 e. The smallest absolute Gasteiger partial charge is 0.335 e. The van der Waals surface area contributed by atoms with Gasteiger partial charge in [0.05, 0.1) is 5.69 Å². The number of nitrogen functional groups attached to an aromatic ring is 1. The monoisotopic (exact) mass is 608 g/mol. The average molecular weight is 609 g/mol. The molecule has 1 saturated heterocycles. The van der Waals surface area contributed by atoms with Gasteiger partial charge in [-0.1, -0.05) is 38.5 Å². The third-order valence-corrected chi connectivity index (χ3v) is 8.15. The molecule has 0 atom stereocenters. The van der Waals surface area contributed by atoms with Crippen LogP contribution in [0.25, 0.3) is 16.9 Å². The minimum Gasteiger partial charge on any atom is -0.457 e. The lowest BCUT2D eigenvalue weighted by molar-refractivity contribution is -0.117. The summed E-state index contributed by atoms with van der Waals surface area (Å²) in [6.45, 7) is 10.3. The number of likely N-dealkylation sites (tertiary alicyclic amines) is 1. The van der Waals surface area contributed by atoms with Crippen LogP contribution < -0.4 is 21.5 Å². The third-order valence-electron chi connectivity index (χ3n) is 8.15. The lowest BCUT2D eigenvalue weighted by Gasteiger charge is -2.39. The van der Waals surface area contributed by atoms with Crippen molar-refractivity contribution in [1.82, 2.24) is 29.3 Å². The first-order chi connectivity index (χ1) is 21.5. The van der Waals surface area contributed by atoms with Crippen molar-refractivity contribution < 1.29 is 9.53 Å². The molecule has 0 radical (unpaired) electrons. The van der Waals surface area contributed by atoms with Crippen LogP contribution >= 0.6 is 0 Å². The Hall–Kier alpha value is -4.95. The normalized spacial score (nSPS) is 14.7. The molecular formula is C34H40N8O3. The van der Waals surface area contributed by atoms with Crippen LogP contribution in [0.1, 0.15) is 47.0 Å². The average Bonchev–Trinajstić information content (AvgIpc) is 3.31. The van der Waals surface area contributed by atoms with E-state index in [9.17, 15) is 14.9 Å². The second-order valence-electron chi connectivity index (χ2n) is 12.8. The van der Waals surface area contributed by atoms with Gasteiger partial charge in [0.1, 0.15) is 35.0 Å². The van der Waals surface area contributed by atoms with Crippen molar-refractivity contribution in [3.05, 3.63) is 83.1 Å². The van der Waals surface area contributed by atoms with E-state index in [0.29, 0.717) is 28.4 Å². The van der Waals surface area contributed by atoms with Crippen LogP contribution in [0.2, 0.25) is 0 Å². The lowest BCUT2D eigenvalue weighted by atomic mass is 9.92. The number of rotatable bonds is 10. The Kier molecular flexibility index (Phi) is 9.06. The number of nitrogens with one attached hydrogen (secondary N) is 1. The number of benzene rings is 2. The van der Waals surface area contributed by atoms with Crippen LogP contribution in [0.4, 0.5) is 5.82 Å². The maximum absolute atomic E-state index is 13.9. The molecule has 1 aliphatic rings. The minimum atomic E-state index is -0.589. The second kappa shape index (κ2) is 13.0. The number of hydrogen-bond acceptors (Lipinski definition) is 8. The van der Waals surface area contributed by atoms with Crippen LogP contribution in [-0.4, -0.2) is 55.1 Å². The summed E-state index contributed by atoms with van der Waals surface area (Å²) in [7, 11) is 0. The molecule has 0 aliphatic carbocycles. The summed E-state index contributed by atoms with van der Waals surface area (Å²) in [6.07, 6.45) is 6.51. The fraction of sp³-hybridized carbons (Fsp3) is 0.382. The topological polar surface area (TPSA) is 144 Å². The van der Waals surface area contributed by atoms with Gasteiger partial charge in [0.25, 0.3) is 5.91 Å². The summed E-state index contributed by atoms with van der Waals surface area (Å²) in [5.41, 5.74) is 6.38. The number of carbonyl (C=O) groups excluding carboxylic acids is 1. The van der Waals surface area contributed by atoms with E-state index in [4.69, 9.17) is 10.5 Å². The molecule has 11 nitrogen and oxygen atoms in total. The summed E-state index contributed by atoms with van der Waals surface area (Å²) in [5.74, 6) is 1.06. The van der Waals surface area contributed by atoms with E-state index in [1.165, 1.54) is 17.3 Å². The molecule has 45 heavy (non-hydrogen) atoms. The number of amides is 1. The molecule has 0 spiro atoms. The standard InChI is InChI=1S/C34H40N8O3/c1-33(2,21-37-31(43)24(20-35)19-34(3,4)40-17-9-6-10-18-40)22-41-30-28(29(36)38-23-39-30)42(32(41)44)25-13-15-27(16-14-25)45-26-11-7-5-8-12-26/h5,7-8,11-16,19,23H,6,9-10,17-18,21-22H2,1-4H3,(H,37,43)(H2,36,38,39). The Morgan fingerprint density at radius 2 is 1.69 bits per heavy atom. The highest BCUT2D eigenvalue weighted by Crippen LogP contribution is 2.27. The predicted molar refractivity (Wildman–Crippen MR) is 174 cm³/mol. The van der Waals surface area contributed by atoms with Crippen LogP contribution in [0, 0.1) is 16.7 Å². The van der Waals surface area contributed by atoms with Gasteiger partial charge in [0.15, 0.2) is 11.5 Å². The van der Waals surface area contributed by atoms with Gasteiger partial charge in [-0.2, -0.15) is 5.26 Å². The predicted octanol–water partition coefficient (Wildman–Crippen LogP) is 4.81. The first-order valence-corrected chi connectivity index (χ1v) is 15.2. The maximum atomic E-state index is 13.9. The number of ether oxygens (including phenoxy) is 1. The number of fused-ring (bicyclic) bond motifs is 1. The molecule has 3 heterocycles. The summed E-state index contributed by atoms with van der Waals surface area (Å²) >= 11 is 0. The van der Waals surface area contributed by atoms with E-state index in [-0.39, 0.29) is 30.2 Å². The minimum absolute atomic E-state index is 0.0790. The van der Waals surface area contributed by atoms with Crippen molar-refractivity contribution in [2.75, 3.05) is 25.4 Å². The molecule has 0 unspecified atom stereocenters. The Labute approximate surface area is 263 Å². The Morgan fingerprint density at radius 3 is 2.36 bits per heavy atom. The van der Waals surface area contributed by atoms with E-state index in [2.05, 4.69) is 26.3 Å². The first kappa shape index (κ1) is 31.5. The molecule has 2 aromatic heterocycles. The molecule has 0 bridgehead atoms. The van der Waals surface area contributed by atoms with E-state index in [0.717, 1.165) is 25.9 Å². The van der Waals surface area contributed by atoms with Gasteiger partial charge >= 0.3 is 5.69 Å². The number of nitriles is 1. The van der Waals surface area contributed by atoms with Gasteiger partial charge in [-0.15, -0.1) is 0 Å². The van der Waals surface area contributed by atoms with Crippen molar-refractivity contribution in [1.29, 1.82) is 5.26 Å². The van der Waals surface area contributed by atoms with Gasteiger partial charge in [-0.25, -0.2) is 14.8 Å². The second-order valence-corrected chi connectivity index (χ2v) is 12.8. The highest BCUT2D eigenvalue weighted by atomic mass is 16.5. The molecule has 5 rings (SSSR count). The molecular weight excluding hydrogens is 568 g/mol. The number of hydrogen-bond donors (Lipinski definition) is 2. The SMILES string of the molecule is CC(C)(CNC(=O)C(C#N)=CC(C)(C)N1CCCCC1)Cn1c(=O)n(-c2ccc(Oc3ccccc3)cc2)c2c(N)ncnc21. The molecule has 1 amide bonds. The quantitative estimate of drug-likeness (QED) is 0.193. The number of anilines is 1. The molecule has 0 saturated carbocycles. The molecule has 1 aliphatic heterocycles. The fourth-order valence-corrected chi connectivity index (χ4v) is 5.73. The number of nitrogens with two attached hydrogens (primary N) is 1. The summed E-state index contributed by atoms with van der Waals surface area (Å²) in [6, 6.07) is 18.6. The molecule has 3 N–H and O–H groups in total. The first-order valence-electron chi connectivity index (χ1n) is 15.2. The number of carbonyl (C=O) groups is 1. The number of piperidine rings is 1. The highest BCUT2D eigenvalue weighted by Gasteiger charge is 2.29. The zero-order valence-electron chi connectivity index (χ0n) is 26.3. The van der Waals surface area contributed by atoms with Crippen molar-refractivity contribution in [2.24, 2.45) is 5.41 Å². The van der Waals surface area contributed by atoms with Crippen molar-refractivity contribution in [3.8, 4) is 23.3 Å². The number of para-hydroxylation sites is 1. The number of aromatic nitrogens is 4. The van der Waals surface area contributed by atoms with E-state index in [1.807, 2.05) is 58.0 Å². The highest BCUT2D eigenvalue weighted by molar-refractivity contribution is 5.97. The van der Waals surface area contributed by atoms with Crippen molar-refractivity contribution in [3.63, 3.8) is 0 Å². The fourth-order valence-electron chi connectivity index (χ4n) is 5.73. The zero-order valence-corrected chi connectivity index (χ0v) is 26.3. The van der Waals surface area contributed by atoms with Crippen LogP contribution in [0.3, 0.4) is 0 Å². The zero-order chi connectivity index (χ0) is 32.2. The van der Waals surface area contributed by atoms with E-state index >= 15 is 0 Å². The van der Waals surface area contributed by atoms with Crippen LogP contribution in [0.15, 0.2) is 77.4 Å². The number of imidazole rings is 1.